The van der Waals surface area contributed by atoms with Crippen molar-refractivity contribution in [2.24, 2.45) is 11.7 Å². The third-order valence-corrected chi connectivity index (χ3v) is 5.67. The molecule has 1 unspecified atom stereocenters. The molecule has 2 fully saturated rings. The van der Waals surface area contributed by atoms with Gasteiger partial charge in [-0.3, -0.25) is 9.59 Å². The predicted octanol–water partition coefficient (Wildman–Crippen LogP) is 2.70. The lowest BCUT2D eigenvalue weighted by atomic mass is 9.90. The number of carbonyl (C=O) groups is 2. The molecule has 5 nitrogen and oxygen atoms in total. The number of benzene rings is 2. The zero-order chi connectivity index (χ0) is 19.7. The van der Waals surface area contributed by atoms with Gasteiger partial charge in [0.15, 0.2) is 5.60 Å². The lowest BCUT2D eigenvalue weighted by molar-refractivity contribution is -0.164. The lowest BCUT2D eigenvalue weighted by Crippen LogP contribution is -2.61. The molecule has 1 saturated heterocycles. The van der Waals surface area contributed by atoms with Crippen molar-refractivity contribution in [2.75, 3.05) is 19.7 Å². The summed E-state index contributed by atoms with van der Waals surface area (Å²) in [5, 5.41) is 0. The van der Waals surface area contributed by atoms with Gasteiger partial charge >= 0.3 is 0 Å². The monoisotopic (exact) mass is 378 g/mol. The highest BCUT2D eigenvalue weighted by molar-refractivity contribution is 5.87. The number of aryl methyl sites for hydroxylation is 1. The Morgan fingerprint density at radius 2 is 1.89 bits per heavy atom. The minimum Gasteiger partial charge on any atom is -0.367 e. The summed E-state index contributed by atoms with van der Waals surface area (Å²) >= 11 is 0. The van der Waals surface area contributed by atoms with Crippen LogP contribution in [0.2, 0.25) is 0 Å². The first-order valence-electron chi connectivity index (χ1n) is 9.85. The Balaban J connectivity index is 1.58. The van der Waals surface area contributed by atoms with Crippen LogP contribution in [0.1, 0.15) is 24.0 Å². The van der Waals surface area contributed by atoms with Crippen LogP contribution in [-0.2, 0) is 20.7 Å². The third-order valence-electron chi connectivity index (χ3n) is 5.67. The SMILES string of the molecule is Cc1ccc(-c2cccc(CC3(C(N)=O)CN(C(=O)C4CC4)CCO3)c2)cc1. The molecule has 146 valence electrons. The number of nitrogens with zero attached hydrogens (tertiary/aromatic N) is 1. The number of hydrogen-bond acceptors (Lipinski definition) is 3. The molecule has 5 heteroatoms. The largest absolute Gasteiger partial charge is 0.367 e. The summed E-state index contributed by atoms with van der Waals surface area (Å²) in [6.45, 7) is 3.14. The average molecular weight is 378 g/mol. The smallest absolute Gasteiger partial charge is 0.251 e. The predicted molar refractivity (Wildman–Crippen MR) is 108 cm³/mol. The van der Waals surface area contributed by atoms with Gasteiger partial charge in [-0.15, -0.1) is 0 Å². The molecule has 2 aliphatic rings. The highest BCUT2D eigenvalue weighted by atomic mass is 16.5. The molecule has 0 aromatic heterocycles. The van der Waals surface area contributed by atoms with Crippen molar-refractivity contribution in [3.05, 3.63) is 59.7 Å². The van der Waals surface area contributed by atoms with Gasteiger partial charge in [0.05, 0.1) is 13.2 Å². The third kappa shape index (κ3) is 3.80. The molecule has 1 atom stereocenters. The number of ether oxygens (including phenoxy) is 1. The minimum absolute atomic E-state index is 0.119. The van der Waals surface area contributed by atoms with Gasteiger partial charge in [0.1, 0.15) is 0 Å². The van der Waals surface area contributed by atoms with Crippen molar-refractivity contribution in [1.82, 2.24) is 4.90 Å². The number of hydrogen-bond donors (Lipinski definition) is 1. The summed E-state index contributed by atoms with van der Waals surface area (Å²) in [6.07, 6.45) is 2.24. The first-order chi connectivity index (χ1) is 13.5. The summed E-state index contributed by atoms with van der Waals surface area (Å²) in [7, 11) is 0. The van der Waals surface area contributed by atoms with Crippen LogP contribution in [0.3, 0.4) is 0 Å². The molecule has 2 aromatic carbocycles. The van der Waals surface area contributed by atoms with E-state index in [1.165, 1.54) is 5.56 Å². The molecular weight excluding hydrogens is 352 g/mol. The molecule has 2 aromatic rings. The summed E-state index contributed by atoms with van der Waals surface area (Å²) < 4.78 is 5.90. The van der Waals surface area contributed by atoms with E-state index in [-0.39, 0.29) is 18.4 Å². The topological polar surface area (TPSA) is 72.6 Å². The molecule has 28 heavy (non-hydrogen) atoms. The Kier molecular flexibility index (Phi) is 4.94. The first kappa shape index (κ1) is 18.7. The molecule has 2 N–H and O–H groups in total. The van der Waals surface area contributed by atoms with Gasteiger partial charge in [0, 0.05) is 18.9 Å². The van der Waals surface area contributed by atoms with Gasteiger partial charge < -0.3 is 15.4 Å². The van der Waals surface area contributed by atoms with Gasteiger partial charge in [-0.25, -0.2) is 0 Å². The highest BCUT2D eigenvalue weighted by Crippen LogP contribution is 2.33. The maximum atomic E-state index is 12.5. The fraction of sp³-hybridized carbons (Fsp3) is 0.391. The summed E-state index contributed by atoms with van der Waals surface area (Å²) in [4.78, 5) is 26.7. The van der Waals surface area contributed by atoms with Gasteiger partial charge in [-0.05, 0) is 36.5 Å². The molecule has 0 radical (unpaired) electrons. The fourth-order valence-electron chi connectivity index (χ4n) is 3.84. The Morgan fingerprint density at radius 3 is 2.57 bits per heavy atom. The quantitative estimate of drug-likeness (QED) is 0.869. The fourth-order valence-corrected chi connectivity index (χ4v) is 3.84. The number of morpholine rings is 1. The van der Waals surface area contributed by atoms with E-state index in [2.05, 4.69) is 43.3 Å². The molecule has 1 heterocycles. The number of amides is 2. The van der Waals surface area contributed by atoms with Crippen LogP contribution in [0.4, 0.5) is 0 Å². The Bertz CT molecular complexity index is 889. The number of primary amides is 1. The van der Waals surface area contributed by atoms with E-state index in [0.29, 0.717) is 19.6 Å². The Morgan fingerprint density at radius 1 is 1.14 bits per heavy atom. The lowest BCUT2D eigenvalue weighted by Gasteiger charge is -2.41. The van der Waals surface area contributed by atoms with Crippen molar-refractivity contribution >= 4 is 11.8 Å². The van der Waals surface area contributed by atoms with Crippen LogP contribution in [-0.4, -0.2) is 42.0 Å². The zero-order valence-electron chi connectivity index (χ0n) is 16.2. The van der Waals surface area contributed by atoms with Gasteiger partial charge in [0.25, 0.3) is 5.91 Å². The highest BCUT2D eigenvalue weighted by Gasteiger charge is 2.45. The van der Waals surface area contributed by atoms with E-state index >= 15 is 0 Å². The number of rotatable bonds is 5. The summed E-state index contributed by atoms with van der Waals surface area (Å²) in [5.74, 6) is -0.266. The van der Waals surface area contributed by atoms with Crippen LogP contribution < -0.4 is 5.73 Å². The van der Waals surface area contributed by atoms with E-state index in [9.17, 15) is 9.59 Å². The zero-order valence-corrected chi connectivity index (χ0v) is 16.2. The van der Waals surface area contributed by atoms with Crippen molar-refractivity contribution in [3.63, 3.8) is 0 Å². The molecule has 2 amide bonds. The van der Waals surface area contributed by atoms with Crippen molar-refractivity contribution < 1.29 is 14.3 Å². The summed E-state index contributed by atoms with van der Waals surface area (Å²) in [5.41, 5.74) is 8.98. The first-order valence-corrected chi connectivity index (χ1v) is 9.85. The van der Waals surface area contributed by atoms with Gasteiger partial charge in [0.2, 0.25) is 5.91 Å². The Labute approximate surface area is 165 Å². The molecular formula is C23H26N2O3. The van der Waals surface area contributed by atoms with E-state index in [0.717, 1.165) is 29.5 Å². The minimum atomic E-state index is -1.17. The maximum absolute atomic E-state index is 12.5. The average Bonchev–Trinajstić information content (AvgIpc) is 3.53. The molecule has 1 saturated carbocycles. The van der Waals surface area contributed by atoms with Crippen LogP contribution in [0.15, 0.2) is 48.5 Å². The molecule has 4 rings (SSSR count). The second-order valence-corrected chi connectivity index (χ2v) is 7.98. The van der Waals surface area contributed by atoms with Crippen molar-refractivity contribution in [1.29, 1.82) is 0 Å². The molecule has 0 bridgehead atoms. The van der Waals surface area contributed by atoms with Gasteiger partial charge in [-0.1, -0.05) is 54.1 Å². The van der Waals surface area contributed by atoms with Crippen LogP contribution in [0.5, 0.6) is 0 Å². The second kappa shape index (κ2) is 7.40. The van der Waals surface area contributed by atoms with Crippen LogP contribution >= 0.6 is 0 Å². The Hall–Kier alpha value is -2.66. The van der Waals surface area contributed by atoms with E-state index in [4.69, 9.17) is 10.5 Å². The van der Waals surface area contributed by atoms with Crippen molar-refractivity contribution in [2.45, 2.75) is 31.8 Å². The summed E-state index contributed by atoms with van der Waals surface area (Å²) in [6, 6.07) is 16.4. The molecule has 1 aliphatic heterocycles. The number of nitrogens with two attached hydrogens (primary N) is 1. The standard InChI is InChI=1S/C23H26N2O3/c1-16-5-7-18(8-6-16)20-4-2-3-17(13-20)14-23(22(24)27)15-25(11-12-28-23)21(26)19-9-10-19/h2-8,13,19H,9-12,14-15H2,1H3,(H2,24,27). The number of carbonyl (C=O) groups excluding carboxylic acids is 2. The maximum Gasteiger partial charge on any atom is 0.251 e. The molecule has 0 spiro atoms. The van der Waals surface area contributed by atoms with Crippen LogP contribution in [0, 0.1) is 12.8 Å². The van der Waals surface area contributed by atoms with E-state index in [1.54, 1.807) is 4.90 Å². The second-order valence-electron chi connectivity index (χ2n) is 7.98. The normalized spacial score (nSPS) is 22.1. The van der Waals surface area contributed by atoms with E-state index < -0.39 is 11.5 Å². The van der Waals surface area contributed by atoms with Gasteiger partial charge in [-0.2, -0.15) is 0 Å². The van der Waals surface area contributed by atoms with Crippen molar-refractivity contribution in [3.8, 4) is 11.1 Å². The molecule has 1 aliphatic carbocycles. The van der Waals surface area contributed by atoms with E-state index in [1.807, 2.05) is 12.1 Å². The van der Waals surface area contributed by atoms with Crippen LogP contribution in [0.25, 0.3) is 11.1 Å².